The van der Waals surface area contributed by atoms with E-state index in [1.165, 1.54) is 5.52 Å². The zero-order valence-corrected chi connectivity index (χ0v) is 9.46. The Labute approximate surface area is 93.7 Å². The van der Waals surface area contributed by atoms with Crippen molar-refractivity contribution in [1.29, 1.82) is 0 Å². The van der Waals surface area contributed by atoms with Crippen LogP contribution in [0.4, 0.5) is 0 Å². The standard InChI is InChI=1S/C8H8N2S.2ClH/c1-11-10-6-9-7-4-2-3-5-8(7)10;;/h2-6H,1H3;2*1H. The van der Waals surface area contributed by atoms with Crippen LogP contribution in [-0.2, 0) is 0 Å². The van der Waals surface area contributed by atoms with E-state index in [9.17, 15) is 0 Å². The maximum absolute atomic E-state index is 4.23. The van der Waals surface area contributed by atoms with Crippen LogP contribution < -0.4 is 0 Å². The van der Waals surface area contributed by atoms with Crippen molar-refractivity contribution in [3.05, 3.63) is 30.6 Å². The summed E-state index contributed by atoms with van der Waals surface area (Å²) in [7, 11) is 0. The molecule has 0 fully saturated rings. The summed E-state index contributed by atoms with van der Waals surface area (Å²) in [6.07, 6.45) is 3.88. The number of aromatic nitrogens is 2. The van der Waals surface area contributed by atoms with Crippen LogP contribution >= 0.6 is 36.8 Å². The number of halogens is 2. The summed E-state index contributed by atoms with van der Waals surface area (Å²) in [6, 6.07) is 8.11. The lowest BCUT2D eigenvalue weighted by Gasteiger charge is -1.94. The van der Waals surface area contributed by atoms with Gasteiger partial charge in [-0.1, -0.05) is 12.1 Å². The number of imidazole rings is 1. The molecule has 0 aliphatic heterocycles. The monoisotopic (exact) mass is 236 g/mol. The summed E-state index contributed by atoms with van der Waals surface area (Å²) in [5.74, 6) is 0. The van der Waals surface area contributed by atoms with Crippen molar-refractivity contribution in [2.75, 3.05) is 6.26 Å². The summed E-state index contributed by atoms with van der Waals surface area (Å²) in [5.41, 5.74) is 2.24. The van der Waals surface area contributed by atoms with E-state index in [0.717, 1.165) is 5.52 Å². The lowest BCUT2D eigenvalue weighted by Crippen LogP contribution is -1.79. The maximum Gasteiger partial charge on any atom is 0.106 e. The summed E-state index contributed by atoms with van der Waals surface area (Å²) < 4.78 is 2.05. The molecule has 1 aromatic carbocycles. The second kappa shape index (κ2) is 5.37. The van der Waals surface area contributed by atoms with Crippen LogP contribution in [0.5, 0.6) is 0 Å². The molecule has 0 radical (unpaired) electrons. The van der Waals surface area contributed by atoms with E-state index < -0.39 is 0 Å². The average molecular weight is 237 g/mol. The Morgan fingerprint density at radius 2 is 1.92 bits per heavy atom. The molecule has 2 nitrogen and oxygen atoms in total. The first-order chi connectivity index (χ1) is 5.42. The van der Waals surface area contributed by atoms with Gasteiger partial charge in [0.2, 0.25) is 0 Å². The molecule has 0 saturated heterocycles. The van der Waals surface area contributed by atoms with E-state index in [2.05, 4.69) is 15.0 Å². The molecule has 0 amide bonds. The highest BCUT2D eigenvalue weighted by Crippen LogP contribution is 2.15. The first-order valence-corrected chi connectivity index (χ1v) is 4.56. The Balaban J connectivity index is 0.000000720. The molecule has 0 aliphatic carbocycles. The molecule has 1 heterocycles. The number of para-hydroxylation sites is 2. The van der Waals surface area contributed by atoms with Crippen LogP contribution in [-0.4, -0.2) is 15.2 Å². The molecule has 2 rings (SSSR count). The highest BCUT2D eigenvalue weighted by atomic mass is 35.5. The van der Waals surface area contributed by atoms with Crippen molar-refractivity contribution < 1.29 is 0 Å². The molecule has 0 unspecified atom stereocenters. The lowest BCUT2D eigenvalue weighted by atomic mass is 10.3. The van der Waals surface area contributed by atoms with E-state index in [-0.39, 0.29) is 24.8 Å². The number of benzene rings is 1. The Morgan fingerprint density at radius 1 is 1.23 bits per heavy atom. The molecule has 0 aliphatic rings. The molecule has 1 aromatic heterocycles. The van der Waals surface area contributed by atoms with Gasteiger partial charge < -0.3 is 0 Å². The molecule has 0 atom stereocenters. The molecular formula is C8H10Cl2N2S. The fourth-order valence-electron chi connectivity index (χ4n) is 1.08. The second-order valence-electron chi connectivity index (χ2n) is 2.24. The van der Waals surface area contributed by atoms with Crippen LogP contribution in [0, 0.1) is 0 Å². The Kier molecular flexibility index (Phi) is 5.21. The largest absolute Gasteiger partial charge is 0.272 e. The predicted molar refractivity (Wildman–Crippen MR) is 63.1 cm³/mol. The number of nitrogens with zero attached hydrogens (tertiary/aromatic N) is 2. The van der Waals surface area contributed by atoms with E-state index in [1.54, 1.807) is 11.9 Å². The second-order valence-corrected chi connectivity index (χ2v) is 3.00. The number of fused-ring (bicyclic) bond motifs is 1. The van der Waals surface area contributed by atoms with Gasteiger partial charge in [-0.2, -0.15) is 0 Å². The Morgan fingerprint density at radius 3 is 2.62 bits per heavy atom. The summed E-state index contributed by atoms with van der Waals surface area (Å²) >= 11 is 1.66. The molecule has 0 bridgehead atoms. The van der Waals surface area contributed by atoms with Gasteiger partial charge in [-0.25, -0.2) is 4.98 Å². The zero-order valence-electron chi connectivity index (χ0n) is 7.01. The minimum Gasteiger partial charge on any atom is -0.272 e. The SMILES string of the molecule is CSn1cnc2ccccc21.Cl.Cl. The van der Waals surface area contributed by atoms with Gasteiger partial charge in [-0.15, -0.1) is 24.8 Å². The van der Waals surface area contributed by atoms with Crippen LogP contribution in [0.3, 0.4) is 0 Å². The first-order valence-electron chi connectivity index (χ1n) is 3.38. The molecule has 0 saturated carbocycles. The predicted octanol–water partition coefficient (Wildman–Crippen LogP) is 3.01. The molecule has 0 N–H and O–H groups in total. The highest BCUT2D eigenvalue weighted by molar-refractivity contribution is 7.97. The minimum absolute atomic E-state index is 0. The van der Waals surface area contributed by atoms with Crippen molar-refractivity contribution in [2.24, 2.45) is 0 Å². The molecule has 72 valence electrons. The third kappa shape index (κ3) is 2.30. The van der Waals surface area contributed by atoms with E-state index >= 15 is 0 Å². The zero-order chi connectivity index (χ0) is 7.68. The quantitative estimate of drug-likeness (QED) is 0.758. The van der Waals surface area contributed by atoms with E-state index in [4.69, 9.17) is 0 Å². The number of rotatable bonds is 1. The average Bonchev–Trinajstić information content (AvgIpc) is 2.47. The minimum atomic E-state index is 0. The maximum atomic E-state index is 4.23. The van der Waals surface area contributed by atoms with Gasteiger partial charge in [0.1, 0.15) is 6.33 Å². The normalized spacial score (nSPS) is 9.00. The van der Waals surface area contributed by atoms with Gasteiger partial charge in [-0.05, 0) is 24.1 Å². The number of hydrogen-bond donors (Lipinski definition) is 0. The fraction of sp³-hybridized carbons (Fsp3) is 0.125. The van der Waals surface area contributed by atoms with Gasteiger partial charge in [0.25, 0.3) is 0 Å². The highest BCUT2D eigenvalue weighted by Gasteiger charge is 1.97. The third-order valence-corrected chi connectivity index (χ3v) is 2.30. The van der Waals surface area contributed by atoms with Crippen LogP contribution in [0.15, 0.2) is 30.6 Å². The molecule has 0 spiro atoms. The van der Waals surface area contributed by atoms with Crippen LogP contribution in [0.1, 0.15) is 0 Å². The molecular weight excluding hydrogens is 227 g/mol. The molecule has 2 aromatic rings. The lowest BCUT2D eigenvalue weighted by molar-refractivity contribution is 1.27. The van der Waals surface area contributed by atoms with Crippen LogP contribution in [0.25, 0.3) is 11.0 Å². The van der Waals surface area contributed by atoms with Crippen molar-refractivity contribution in [1.82, 2.24) is 8.96 Å². The summed E-state index contributed by atoms with van der Waals surface area (Å²) in [4.78, 5) is 4.23. The smallest absolute Gasteiger partial charge is 0.106 e. The van der Waals surface area contributed by atoms with Crippen molar-refractivity contribution >= 4 is 47.8 Å². The fourth-order valence-corrected chi connectivity index (χ4v) is 1.57. The van der Waals surface area contributed by atoms with Crippen LogP contribution in [0.2, 0.25) is 0 Å². The number of hydrogen-bond acceptors (Lipinski definition) is 2. The van der Waals surface area contributed by atoms with Crippen molar-refractivity contribution in [3.8, 4) is 0 Å². The van der Waals surface area contributed by atoms with Gasteiger partial charge in [0.05, 0.1) is 11.0 Å². The van der Waals surface area contributed by atoms with Gasteiger partial charge in [0, 0.05) is 6.26 Å². The molecule has 5 heteroatoms. The van der Waals surface area contributed by atoms with E-state index in [1.807, 2.05) is 30.8 Å². The topological polar surface area (TPSA) is 17.8 Å². The van der Waals surface area contributed by atoms with E-state index in [0.29, 0.717) is 0 Å². The Bertz CT molecular complexity index is 375. The van der Waals surface area contributed by atoms with Gasteiger partial charge >= 0.3 is 0 Å². The van der Waals surface area contributed by atoms with Crippen molar-refractivity contribution in [2.45, 2.75) is 0 Å². The molecule has 13 heavy (non-hydrogen) atoms. The van der Waals surface area contributed by atoms with Gasteiger partial charge in [-0.3, -0.25) is 3.97 Å². The van der Waals surface area contributed by atoms with Crippen molar-refractivity contribution in [3.63, 3.8) is 0 Å². The Hall–Kier alpha value is -0.380. The summed E-state index contributed by atoms with van der Waals surface area (Å²) in [5, 5.41) is 0. The third-order valence-electron chi connectivity index (χ3n) is 1.62. The van der Waals surface area contributed by atoms with Gasteiger partial charge in [0.15, 0.2) is 0 Å². The first kappa shape index (κ1) is 12.6. The summed E-state index contributed by atoms with van der Waals surface area (Å²) in [6.45, 7) is 0.